The van der Waals surface area contributed by atoms with Gasteiger partial charge in [-0.3, -0.25) is 0 Å². The molecule has 0 saturated carbocycles. The Kier molecular flexibility index (Phi) is 6.36. The second-order valence-electron chi connectivity index (χ2n) is 7.68. The molecule has 0 spiro atoms. The van der Waals surface area contributed by atoms with Gasteiger partial charge in [-0.15, -0.1) is 10.2 Å². The minimum Gasteiger partial charge on any atom is -0.396 e. The van der Waals surface area contributed by atoms with Crippen molar-refractivity contribution >= 4 is 39.7 Å². The lowest BCUT2D eigenvalue weighted by Crippen LogP contribution is -2.30. The number of fused-ring (bicyclic) bond motifs is 1. The molecule has 158 valence electrons. The third-order valence-corrected chi connectivity index (χ3v) is 6.01. The first kappa shape index (κ1) is 21.1. The van der Waals surface area contributed by atoms with Gasteiger partial charge in [0.15, 0.2) is 17.3 Å². The number of nitrogens with zero attached hydrogens (tertiary/aromatic N) is 4. The molecule has 0 saturated heterocycles. The maximum Gasteiger partial charge on any atom is 0.188 e. The topological polar surface area (TPSA) is 65.6 Å². The van der Waals surface area contributed by atoms with Crippen molar-refractivity contribution < 1.29 is 5.11 Å². The van der Waals surface area contributed by atoms with Gasteiger partial charge in [0.2, 0.25) is 0 Å². The highest BCUT2D eigenvalue weighted by atomic mass is 35.5. The van der Waals surface area contributed by atoms with E-state index in [1.807, 2.05) is 43.3 Å². The Balaban J connectivity index is 1.65. The van der Waals surface area contributed by atoms with Crippen LogP contribution in [-0.2, 0) is 6.54 Å². The molecule has 31 heavy (non-hydrogen) atoms. The normalized spacial score (nSPS) is 13.7. The maximum atomic E-state index is 9.17. The summed E-state index contributed by atoms with van der Waals surface area (Å²) in [6, 6.07) is 11.6. The summed E-state index contributed by atoms with van der Waals surface area (Å²) in [7, 11) is 0. The Hall–Kier alpha value is -3.14. The van der Waals surface area contributed by atoms with Crippen molar-refractivity contribution in [2.75, 3.05) is 29.9 Å². The lowest BCUT2D eigenvalue weighted by molar-refractivity contribution is 0.297. The monoisotopic (exact) mass is 433 g/mol. The van der Waals surface area contributed by atoms with Crippen LogP contribution in [-0.4, -0.2) is 35.0 Å². The van der Waals surface area contributed by atoms with Crippen LogP contribution in [0.3, 0.4) is 0 Å². The molecule has 4 rings (SSSR count). The molecule has 6 nitrogen and oxygen atoms in total. The molecule has 0 atom stereocenters. The first-order valence-electron chi connectivity index (χ1n) is 10.3. The standard InChI is InChI=1S/C24H24ClN5O/c1-16-3-4-18(13-22(16)25)15-27-23-21-14-19(26-2)5-6-20(21)24(29-28-23)30-10-7-17(8-11-30)9-12-31/h3-7,13-14,31H,8-12,15H2,1H3,(H,27,28). The molecule has 2 N–H and O–H groups in total. The van der Waals surface area contributed by atoms with Crippen LogP contribution in [0.2, 0.25) is 5.02 Å². The van der Waals surface area contributed by atoms with Crippen LogP contribution in [0.15, 0.2) is 48.0 Å². The summed E-state index contributed by atoms with van der Waals surface area (Å²) in [6.45, 7) is 11.7. The van der Waals surface area contributed by atoms with Gasteiger partial charge >= 0.3 is 0 Å². The quantitative estimate of drug-likeness (QED) is 0.409. The Morgan fingerprint density at radius 1 is 1.19 bits per heavy atom. The van der Waals surface area contributed by atoms with Crippen molar-refractivity contribution in [3.05, 3.63) is 75.6 Å². The fraction of sp³-hybridized carbons (Fsp3) is 0.292. The highest BCUT2D eigenvalue weighted by molar-refractivity contribution is 6.31. The molecular formula is C24H24ClN5O. The summed E-state index contributed by atoms with van der Waals surface area (Å²) >= 11 is 6.25. The second kappa shape index (κ2) is 9.34. The smallest absolute Gasteiger partial charge is 0.188 e. The van der Waals surface area contributed by atoms with Crippen molar-refractivity contribution in [2.24, 2.45) is 0 Å². The first-order chi connectivity index (χ1) is 15.1. The number of hydrogen-bond acceptors (Lipinski definition) is 5. The SMILES string of the molecule is [C-]#[N+]c1ccc2c(N3CC=C(CCO)CC3)nnc(NCc3ccc(C)c(Cl)c3)c2c1. The van der Waals surface area contributed by atoms with Gasteiger partial charge in [0.1, 0.15) is 0 Å². The zero-order chi connectivity index (χ0) is 21.8. The predicted molar refractivity (Wildman–Crippen MR) is 126 cm³/mol. The molecule has 3 aromatic rings. The average molecular weight is 434 g/mol. The van der Waals surface area contributed by atoms with Gasteiger partial charge in [-0.05, 0) is 43.0 Å². The van der Waals surface area contributed by atoms with Gasteiger partial charge in [-0.25, -0.2) is 4.85 Å². The number of aryl methyl sites for hydroxylation is 1. The highest BCUT2D eigenvalue weighted by Gasteiger charge is 2.18. The van der Waals surface area contributed by atoms with E-state index in [-0.39, 0.29) is 6.61 Å². The molecule has 0 unspecified atom stereocenters. The lowest BCUT2D eigenvalue weighted by atomic mass is 10.0. The maximum absolute atomic E-state index is 9.17. The zero-order valence-electron chi connectivity index (χ0n) is 17.4. The van der Waals surface area contributed by atoms with Crippen LogP contribution in [0.5, 0.6) is 0 Å². The van der Waals surface area contributed by atoms with Gasteiger partial charge in [0.25, 0.3) is 0 Å². The molecule has 1 aliphatic heterocycles. The minimum absolute atomic E-state index is 0.181. The number of aromatic nitrogens is 2. The number of rotatable bonds is 6. The molecule has 2 heterocycles. The van der Waals surface area contributed by atoms with E-state index in [9.17, 15) is 0 Å². The average Bonchev–Trinajstić information content (AvgIpc) is 2.80. The van der Waals surface area contributed by atoms with Gasteiger partial charge in [0.05, 0.1) is 6.57 Å². The number of nitrogens with one attached hydrogen (secondary N) is 1. The molecule has 2 aromatic carbocycles. The zero-order valence-corrected chi connectivity index (χ0v) is 18.2. The van der Waals surface area contributed by atoms with Gasteiger partial charge in [0, 0.05) is 42.0 Å². The Morgan fingerprint density at radius 3 is 2.77 bits per heavy atom. The fourth-order valence-corrected chi connectivity index (χ4v) is 3.97. The molecule has 7 heteroatoms. The van der Waals surface area contributed by atoms with Gasteiger partial charge in [-0.2, -0.15) is 0 Å². The summed E-state index contributed by atoms with van der Waals surface area (Å²) in [4.78, 5) is 5.78. The van der Waals surface area contributed by atoms with E-state index in [2.05, 4.69) is 31.3 Å². The van der Waals surface area contributed by atoms with Crippen LogP contribution in [0, 0.1) is 13.5 Å². The van der Waals surface area contributed by atoms with Gasteiger partial charge in [-0.1, -0.05) is 47.5 Å². The number of anilines is 2. The Labute approximate surface area is 187 Å². The number of hydrogen-bond donors (Lipinski definition) is 2. The molecule has 0 fully saturated rings. The highest BCUT2D eigenvalue weighted by Crippen LogP contribution is 2.33. The second-order valence-corrected chi connectivity index (χ2v) is 8.09. The van der Waals surface area contributed by atoms with Crippen LogP contribution < -0.4 is 10.2 Å². The van der Waals surface area contributed by atoms with Crippen LogP contribution in [0.4, 0.5) is 17.3 Å². The van der Waals surface area contributed by atoms with E-state index in [1.54, 1.807) is 0 Å². The third-order valence-electron chi connectivity index (χ3n) is 5.60. The number of aliphatic hydroxyl groups excluding tert-OH is 1. The fourth-order valence-electron chi connectivity index (χ4n) is 3.77. The van der Waals surface area contributed by atoms with Crippen molar-refractivity contribution in [1.29, 1.82) is 0 Å². The Bertz CT molecular complexity index is 1180. The summed E-state index contributed by atoms with van der Waals surface area (Å²) in [5.41, 5.74) is 3.94. The van der Waals surface area contributed by atoms with E-state index in [0.717, 1.165) is 58.7 Å². The summed E-state index contributed by atoms with van der Waals surface area (Å²) in [6.07, 6.45) is 3.78. The molecule has 0 amide bonds. The van der Waals surface area contributed by atoms with Crippen molar-refractivity contribution in [2.45, 2.75) is 26.3 Å². The summed E-state index contributed by atoms with van der Waals surface area (Å²) in [5, 5.41) is 24.1. The van der Waals surface area contributed by atoms with Gasteiger partial charge < -0.3 is 15.3 Å². The predicted octanol–water partition coefficient (Wildman–Crippen LogP) is 5.27. The third kappa shape index (κ3) is 4.63. The van der Waals surface area contributed by atoms with Crippen molar-refractivity contribution in [1.82, 2.24) is 10.2 Å². The molecular weight excluding hydrogens is 410 g/mol. The van der Waals surface area contributed by atoms with Crippen LogP contribution in [0.1, 0.15) is 24.0 Å². The molecule has 1 aromatic heterocycles. The van der Waals surface area contributed by atoms with E-state index in [1.165, 1.54) is 5.57 Å². The van der Waals surface area contributed by atoms with E-state index in [0.29, 0.717) is 18.1 Å². The molecule has 0 radical (unpaired) electrons. The molecule has 1 aliphatic rings. The van der Waals surface area contributed by atoms with E-state index < -0.39 is 0 Å². The summed E-state index contributed by atoms with van der Waals surface area (Å²) in [5.74, 6) is 1.46. The first-order valence-corrected chi connectivity index (χ1v) is 10.7. The van der Waals surface area contributed by atoms with Crippen molar-refractivity contribution in [3.8, 4) is 0 Å². The van der Waals surface area contributed by atoms with Crippen LogP contribution >= 0.6 is 11.6 Å². The largest absolute Gasteiger partial charge is 0.396 e. The van der Waals surface area contributed by atoms with E-state index >= 15 is 0 Å². The lowest BCUT2D eigenvalue weighted by Gasteiger charge is -2.28. The molecule has 0 aliphatic carbocycles. The minimum atomic E-state index is 0.181. The van der Waals surface area contributed by atoms with Crippen LogP contribution in [0.25, 0.3) is 15.6 Å². The number of halogens is 1. The van der Waals surface area contributed by atoms with E-state index in [4.69, 9.17) is 23.3 Å². The summed E-state index contributed by atoms with van der Waals surface area (Å²) < 4.78 is 0. The number of benzene rings is 2. The van der Waals surface area contributed by atoms with Crippen molar-refractivity contribution in [3.63, 3.8) is 0 Å². The number of aliphatic hydroxyl groups is 1. The Morgan fingerprint density at radius 2 is 2.06 bits per heavy atom. The molecule has 0 bridgehead atoms.